The number of fused-ring (bicyclic) bond motifs is 1. The molecule has 0 amide bonds. The molecule has 1 N–H and O–H groups in total. The van der Waals surface area contributed by atoms with E-state index < -0.39 is 16.0 Å². The van der Waals surface area contributed by atoms with E-state index in [-0.39, 0.29) is 23.6 Å². The number of furan rings is 1. The number of aryl methyl sites for hydroxylation is 1. The lowest BCUT2D eigenvalue weighted by atomic mass is 10.1. The third kappa shape index (κ3) is 4.20. The van der Waals surface area contributed by atoms with Gasteiger partial charge < -0.3 is 9.15 Å². The van der Waals surface area contributed by atoms with Gasteiger partial charge in [0.05, 0.1) is 11.5 Å². The highest BCUT2D eigenvalue weighted by atomic mass is 32.2. The average molecular weight is 387 g/mol. The molecule has 0 saturated heterocycles. The molecule has 0 spiro atoms. The van der Waals surface area contributed by atoms with Crippen LogP contribution in [0.4, 0.5) is 0 Å². The zero-order chi connectivity index (χ0) is 19.4. The van der Waals surface area contributed by atoms with E-state index in [0.717, 1.165) is 5.56 Å². The van der Waals surface area contributed by atoms with Crippen molar-refractivity contribution < 1.29 is 22.4 Å². The summed E-state index contributed by atoms with van der Waals surface area (Å²) in [5, 5.41) is 0.428. The van der Waals surface area contributed by atoms with Gasteiger partial charge in [-0.2, -0.15) is 0 Å². The Labute approximate surface area is 158 Å². The molecule has 6 nitrogen and oxygen atoms in total. The van der Waals surface area contributed by atoms with Gasteiger partial charge in [0.25, 0.3) is 0 Å². The van der Waals surface area contributed by atoms with Crippen LogP contribution in [-0.4, -0.2) is 27.5 Å². The first-order chi connectivity index (χ1) is 12.9. The fourth-order valence-electron chi connectivity index (χ4n) is 2.88. The number of hydrogen-bond donors (Lipinski definition) is 1. The van der Waals surface area contributed by atoms with Gasteiger partial charge in [-0.3, -0.25) is 0 Å². The standard InChI is InChI=1S/C20H21NO5S/c1-3-25-20(22)19-14(2)26-18-10-9-16(13-17(18)19)27(23,24)21-12-11-15-7-5-4-6-8-15/h4-10,13,21H,3,11-12H2,1-2H3. The molecule has 2 aromatic carbocycles. The Balaban J connectivity index is 1.84. The number of esters is 1. The summed E-state index contributed by atoms with van der Waals surface area (Å²) < 4.78 is 38.4. The van der Waals surface area contributed by atoms with Gasteiger partial charge in [-0.1, -0.05) is 30.3 Å². The number of nitrogens with one attached hydrogen (secondary N) is 1. The van der Waals surface area contributed by atoms with Crippen LogP contribution in [-0.2, 0) is 21.2 Å². The lowest BCUT2D eigenvalue weighted by molar-refractivity contribution is 0.0526. The summed E-state index contributed by atoms with van der Waals surface area (Å²) in [6, 6.07) is 14.1. The van der Waals surface area contributed by atoms with Crippen LogP contribution in [0, 0.1) is 6.92 Å². The quantitative estimate of drug-likeness (QED) is 0.628. The summed E-state index contributed by atoms with van der Waals surface area (Å²) in [4.78, 5) is 12.3. The highest BCUT2D eigenvalue weighted by molar-refractivity contribution is 7.89. The van der Waals surface area contributed by atoms with E-state index in [1.807, 2.05) is 30.3 Å². The highest BCUT2D eigenvalue weighted by Gasteiger charge is 2.22. The highest BCUT2D eigenvalue weighted by Crippen LogP contribution is 2.28. The molecule has 0 bridgehead atoms. The number of carbonyl (C=O) groups excluding carboxylic acids is 1. The first kappa shape index (κ1) is 19.1. The van der Waals surface area contributed by atoms with Crippen molar-refractivity contribution in [3.63, 3.8) is 0 Å². The van der Waals surface area contributed by atoms with E-state index in [9.17, 15) is 13.2 Å². The molecule has 0 aliphatic carbocycles. The zero-order valence-corrected chi connectivity index (χ0v) is 16.0. The minimum Gasteiger partial charge on any atom is -0.462 e. The Bertz CT molecular complexity index is 1050. The van der Waals surface area contributed by atoms with Gasteiger partial charge in [-0.05, 0) is 44.0 Å². The van der Waals surface area contributed by atoms with Crippen LogP contribution in [0.3, 0.4) is 0 Å². The summed E-state index contributed by atoms with van der Waals surface area (Å²) in [6.07, 6.45) is 0.585. The van der Waals surface area contributed by atoms with Crippen LogP contribution in [0.15, 0.2) is 57.8 Å². The Morgan fingerprint density at radius 1 is 1.15 bits per heavy atom. The van der Waals surface area contributed by atoms with Crippen molar-refractivity contribution in [3.8, 4) is 0 Å². The van der Waals surface area contributed by atoms with Crippen LogP contribution in [0.1, 0.15) is 28.6 Å². The van der Waals surface area contributed by atoms with E-state index in [1.165, 1.54) is 12.1 Å². The molecular formula is C20H21NO5S. The predicted molar refractivity (Wildman–Crippen MR) is 102 cm³/mol. The minimum atomic E-state index is -3.71. The third-order valence-corrected chi connectivity index (χ3v) is 5.63. The molecular weight excluding hydrogens is 366 g/mol. The normalized spacial score (nSPS) is 11.6. The molecule has 0 atom stereocenters. The molecule has 142 valence electrons. The molecule has 3 aromatic rings. The zero-order valence-electron chi connectivity index (χ0n) is 15.2. The van der Waals surface area contributed by atoms with Crippen molar-refractivity contribution in [1.82, 2.24) is 4.72 Å². The molecule has 1 aromatic heterocycles. The molecule has 0 radical (unpaired) electrons. The summed E-state index contributed by atoms with van der Waals surface area (Å²) in [6.45, 7) is 3.87. The fraction of sp³-hybridized carbons (Fsp3) is 0.250. The molecule has 27 heavy (non-hydrogen) atoms. The van der Waals surface area contributed by atoms with Gasteiger partial charge >= 0.3 is 5.97 Å². The van der Waals surface area contributed by atoms with Gasteiger partial charge in [0.15, 0.2) is 0 Å². The first-order valence-electron chi connectivity index (χ1n) is 8.66. The minimum absolute atomic E-state index is 0.0782. The summed E-state index contributed by atoms with van der Waals surface area (Å²) in [7, 11) is -3.71. The second kappa shape index (κ2) is 7.94. The van der Waals surface area contributed by atoms with Crippen LogP contribution < -0.4 is 4.72 Å². The molecule has 0 aliphatic rings. The predicted octanol–water partition coefficient (Wildman–Crippen LogP) is 3.44. The lowest BCUT2D eigenvalue weighted by Gasteiger charge is -2.07. The number of benzene rings is 2. The fourth-order valence-corrected chi connectivity index (χ4v) is 3.94. The van der Waals surface area contributed by atoms with Gasteiger partial charge in [0, 0.05) is 11.9 Å². The number of ether oxygens (including phenoxy) is 1. The number of rotatable bonds is 7. The van der Waals surface area contributed by atoms with Crippen molar-refractivity contribution in [2.45, 2.75) is 25.2 Å². The maximum atomic E-state index is 12.6. The largest absolute Gasteiger partial charge is 0.462 e. The van der Waals surface area contributed by atoms with E-state index in [2.05, 4.69) is 4.72 Å². The number of carbonyl (C=O) groups is 1. The molecule has 3 rings (SSSR count). The van der Waals surface area contributed by atoms with E-state index >= 15 is 0 Å². The van der Waals surface area contributed by atoms with Gasteiger partial charge in [-0.15, -0.1) is 0 Å². The van der Waals surface area contributed by atoms with Crippen LogP contribution in [0.5, 0.6) is 0 Å². The maximum absolute atomic E-state index is 12.6. The third-order valence-electron chi connectivity index (χ3n) is 4.17. The van der Waals surface area contributed by atoms with Gasteiger partial charge in [0.1, 0.15) is 16.9 Å². The van der Waals surface area contributed by atoms with Crippen LogP contribution in [0.2, 0.25) is 0 Å². The van der Waals surface area contributed by atoms with Crippen molar-refractivity contribution >= 4 is 27.0 Å². The van der Waals surface area contributed by atoms with Crippen LogP contribution in [0.25, 0.3) is 11.0 Å². The average Bonchev–Trinajstić information content (AvgIpc) is 2.97. The lowest BCUT2D eigenvalue weighted by Crippen LogP contribution is -2.26. The Hall–Kier alpha value is -2.64. The molecule has 0 unspecified atom stereocenters. The summed E-state index contributed by atoms with van der Waals surface area (Å²) in [5.74, 6) is -0.129. The van der Waals surface area contributed by atoms with Crippen molar-refractivity contribution in [3.05, 3.63) is 65.4 Å². The van der Waals surface area contributed by atoms with Crippen molar-refractivity contribution in [2.24, 2.45) is 0 Å². The molecule has 0 fully saturated rings. The maximum Gasteiger partial charge on any atom is 0.342 e. The molecule has 7 heteroatoms. The first-order valence-corrected chi connectivity index (χ1v) is 10.1. The van der Waals surface area contributed by atoms with E-state index in [1.54, 1.807) is 19.9 Å². The monoisotopic (exact) mass is 387 g/mol. The topological polar surface area (TPSA) is 85.6 Å². The Morgan fingerprint density at radius 3 is 2.59 bits per heavy atom. The number of hydrogen-bond acceptors (Lipinski definition) is 5. The Kier molecular flexibility index (Phi) is 5.62. The van der Waals surface area contributed by atoms with E-state index in [0.29, 0.717) is 23.2 Å². The van der Waals surface area contributed by atoms with Gasteiger partial charge in [-0.25, -0.2) is 17.9 Å². The van der Waals surface area contributed by atoms with Crippen molar-refractivity contribution in [2.75, 3.05) is 13.2 Å². The SMILES string of the molecule is CCOC(=O)c1c(C)oc2ccc(S(=O)(=O)NCCc3ccccc3)cc12. The van der Waals surface area contributed by atoms with Gasteiger partial charge in [0.2, 0.25) is 10.0 Å². The molecule has 1 heterocycles. The molecule has 0 saturated carbocycles. The summed E-state index contributed by atoms with van der Waals surface area (Å²) in [5.41, 5.74) is 1.75. The van der Waals surface area contributed by atoms with Crippen LogP contribution >= 0.6 is 0 Å². The second-order valence-electron chi connectivity index (χ2n) is 6.05. The Morgan fingerprint density at radius 2 is 1.89 bits per heavy atom. The second-order valence-corrected chi connectivity index (χ2v) is 7.81. The number of sulfonamides is 1. The smallest absolute Gasteiger partial charge is 0.342 e. The van der Waals surface area contributed by atoms with Crippen molar-refractivity contribution in [1.29, 1.82) is 0 Å². The van der Waals surface area contributed by atoms with E-state index in [4.69, 9.17) is 9.15 Å². The molecule has 0 aliphatic heterocycles. The summed E-state index contributed by atoms with van der Waals surface area (Å²) >= 11 is 0.